The third-order valence-electron chi connectivity index (χ3n) is 10.5. The maximum absolute atomic E-state index is 14.2. The molecule has 0 bridgehead atoms. The number of H-pyrrole nitrogens is 1. The number of carbonyl (C=O) groups is 1. The lowest BCUT2D eigenvalue weighted by Gasteiger charge is -2.48. The van der Waals surface area contributed by atoms with E-state index in [1.165, 1.54) is 10.8 Å². The number of nitriles is 1. The molecule has 6 rings (SSSR count). The summed E-state index contributed by atoms with van der Waals surface area (Å²) in [5.41, 5.74) is -0.0721. The van der Waals surface area contributed by atoms with Crippen LogP contribution in [0.2, 0.25) is 0 Å². The molecular formula is C47H53N4O10P. The number of aromatic nitrogens is 2. The van der Waals surface area contributed by atoms with Gasteiger partial charge in [0, 0.05) is 23.8 Å². The number of esters is 1. The van der Waals surface area contributed by atoms with Crippen molar-refractivity contribution in [1.82, 2.24) is 14.2 Å². The lowest BCUT2D eigenvalue weighted by atomic mass is 9.79. The molecule has 1 aliphatic rings. The Kier molecular flexibility index (Phi) is 15.5. The molecule has 62 heavy (non-hydrogen) atoms. The zero-order valence-electron chi connectivity index (χ0n) is 35.9. The minimum Gasteiger partial charge on any atom is -0.497 e. The van der Waals surface area contributed by atoms with Crippen LogP contribution in [-0.2, 0) is 28.9 Å². The molecule has 2 heterocycles. The number of hydrogen-bond acceptors (Lipinski definition) is 12. The fourth-order valence-electron chi connectivity index (χ4n) is 7.54. The average Bonchev–Trinajstić information content (AvgIpc) is 3.28. The van der Waals surface area contributed by atoms with Gasteiger partial charge in [-0.1, -0.05) is 72.8 Å². The van der Waals surface area contributed by atoms with Crippen LogP contribution in [0.5, 0.6) is 11.5 Å². The van der Waals surface area contributed by atoms with E-state index in [0.29, 0.717) is 11.5 Å². The zero-order chi connectivity index (χ0) is 44.4. The van der Waals surface area contributed by atoms with Gasteiger partial charge < -0.3 is 32.7 Å². The third kappa shape index (κ3) is 10.2. The Hall–Kier alpha value is -5.65. The first-order valence-corrected chi connectivity index (χ1v) is 21.5. The van der Waals surface area contributed by atoms with Crippen molar-refractivity contribution in [2.24, 2.45) is 0 Å². The van der Waals surface area contributed by atoms with Crippen LogP contribution in [0.1, 0.15) is 73.0 Å². The van der Waals surface area contributed by atoms with Gasteiger partial charge in [0.25, 0.3) is 14.1 Å². The Morgan fingerprint density at radius 3 is 1.94 bits per heavy atom. The maximum Gasteiger partial charge on any atom is 0.338 e. The van der Waals surface area contributed by atoms with E-state index in [4.69, 9.17) is 32.7 Å². The Morgan fingerprint density at radius 2 is 1.40 bits per heavy atom. The molecule has 14 nitrogen and oxygen atoms in total. The Morgan fingerprint density at radius 1 is 0.855 bits per heavy atom. The van der Waals surface area contributed by atoms with Crippen LogP contribution in [0.15, 0.2) is 125 Å². The highest BCUT2D eigenvalue weighted by Gasteiger charge is 2.52. The zero-order valence-corrected chi connectivity index (χ0v) is 36.8. The van der Waals surface area contributed by atoms with Crippen molar-refractivity contribution in [3.8, 4) is 17.6 Å². The fourth-order valence-corrected chi connectivity index (χ4v) is 9.31. The molecule has 0 radical (unpaired) electrons. The summed E-state index contributed by atoms with van der Waals surface area (Å²) in [5.74, 6) is 0.548. The maximum atomic E-state index is 14.2. The van der Waals surface area contributed by atoms with Gasteiger partial charge in [-0.3, -0.25) is 14.3 Å². The molecule has 1 unspecified atom stereocenters. The van der Waals surface area contributed by atoms with Gasteiger partial charge in [-0.05, 0) is 87.7 Å². The van der Waals surface area contributed by atoms with Gasteiger partial charge in [0.05, 0.1) is 45.5 Å². The van der Waals surface area contributed by atoms with Crippen LogP contribution in [0, 0.1) is 18.3 Å². The number of rotatable bonds is 18. The van der Waals surface area contributed by atoms with Crippen molar-refractivity contribution >= 4 is 14.5 Å². The molecule has 4 aromatic carbocycles. The van der Waals surface area contributed by atoms with E-state index in [1.54, 1.807) is 51.5 Å². The highest BCUT2D eigenvalue weighted by molar-refractivity contribution is 7.44. The van der Waals surface area contributed by atoms with Crippen LogP contribution in [0.25, 0.3) is 0 Å². The van der Waals surface area contributed by atoms with Gasteiger partial charge in [0.1, 0.15) is 29.3 Å². The molecule has 1 fully saturated rings. The van der Waals surface area contributed by atoms with Crippen LogP contribution in [0.4, 0.5) is 0 Å². The second-order valence-electron chi connectivity index (χ2n) is 15.2. The highest BCUT2D eigenvalue weighted by atomic mass is 31.2. The van der Waals surface area contributed by atoms with Gasteiger partial charge in [-0.2, -0.15) is 5.26 Å². The summed E-state index contributed by atoms with van der Waals surface area (Å²) in [6.45, 7) is 9.46. The highest BCUT2D eigenvalue weighted by Crippen LogP contribution is 2.51. The summed E-state index contributed by atoms with van der Waals surface area (Å²) in [4.78, 5) is 43.0. The quantitative estimate of drug-likeness (QED) is 0.0397. The number of nitrogens with zero attached hydrogens (tertiary/aromatic N) is 3. The molecule has 0 spiro atoms. The first-order chi connectivity index (χ1) is 29.9. The number of benzene rings is 4. The van der Waals surface area contributed by atoms with Crippen molar-refractivity contribution < 1.29 is 37.5 Å². The van der Waals surface area contributed by atoms with Gasteiger partial charge >= 0.3 is 11.7 Å². The van der Waals surface area contributed by atoms with E-state index < -0.39 is 55.9 Å². The predicted molar refractivity (Wildman–Crippen MR) is 234 cm³/mol. The lowest BCUT2D eigenvalue weighted by molar-refractivity contribution is -0.235. The van der Waals surface area contributed by atoms with Crippen molar-refractivity contribution in [1.29, 1.82) is 5.26 Å². The minimum absolute atomic E-state index is 0.0506. The molecule has 5 atom stereocenters. The Labute approximate surface area is 362 Å². The van der Waals surface area contributed by atoms with Crippen LogP contribution >= 0.6 is 8.53 Å². The molecule has 5 aromatic rings. The summed E-state index contributed by atoms with van der Waals surface area (Å²) in [6.07, 6.45) is -3.52. The topological polar surface area (TPSA) is 164 Å². The normalized spacial score (nSPS) is 18.3. The van der Waals surface area contributed by atoms with Crippen LogP contribution in [0.3, 0.4) is 0 Å². The summed E-state index contributed by atoms with van der Waals surface area (Å²) < 4.78 is 48.8. The molecule has 0 aliphatic carbocycles. The minimum atomic E-state index is -2.02. The van der Waals surface area contributed by atoms with Crippen LogP contribution in [-0.4, -0.2) is 78.0 Å². The van der Waals surface area contributed by atoms with Crippen LogP contribution < -0.4 is 20.7 Å². The smallest absolute Gasteiger partial charge is 0.338 e. The van der Waals surface area contributed by atoms with E-state index in [9.17, 15) is 19.6 Å². The van der Waals surface area contributed by atoms with Gasteiger partial charge in [0.15, 0.2) is 12.3 Å². The fraction of sp³-hybridized carbons (Fsp3) is 0.362. The number of methoxy groups -OCH3 is 2. The summed E-state index contributed by atoms with van der Waals surface area (Å²) >= 11 is 0. The molecular weight excluding hydrogens is 812 g/mol. The van der Waals surface area contributed by atoms with Gasteiger partial charge in [0.2, 0.25) is 0 Å². The molecule has 0 amide bonds. The number of ether oxygens (including phenoxy) is 5. The second kappa shape index (κ2) is 20.9. The van der Waals surface area contributed by atoms with Gasteiger partial charge in [-0.25, -0.2) is 14.3 Å². The van der Waals surface area contributed by atoms with Crippen molar-refractivity contribution in [3.63, 3.8) is 0 Å². The SMILES string of the molecule is COc1ccc(C(O[C@H]2CO[C@@H](n3cc(C)c(=O)[nH]c3=O)[C@H](OC(=O)c3ccccc3)[C@@H]2OP(OCCC#N)N(C(C)C)C(C)C)(c2ccccc2)c2ccc(OC)cc2)cc1. The Bertz CT molecular complexity index is 2330. The van der Waals surface area contributed by atoms with E-state index in [-0.39, 0.29) is 42.8 Å². The predicted octanol–water partition coefficient (Wildman–Crippen LogP) is 7.66. The third-order valence-corrected chi connectivity index (χ3v) is 12.6. The summed E-state index contributed by atoms with van der Waals surface area (Å²) in [7, 11) is 1.17. The second-order valence-corrected chi connectivity index (χ2v) is 16.6. The first kappa shape index (κ1) is 45.9. The van der Waals surface area contributed by atoms with E-state index >= 15 is 0 Å². The van der Waals surface area contributed by atoms with Gasteiger partial charge in [-0.15, -0.1) is 0 Å². The molecule has 1 saturated heterocycles. The largest absolute Gasteiger partial charge is 0.497 e. The first-order valence-electron chi connectivity index (χ1n) is 20.4. The molecule has 1 aromatic heterocycles. The lowest BCUT2D eigenvalue weighted by Crippen LogP contribution is -2.58. The van der Waals surface area contributed by atoms with E-state index in [2.05, 4.69) is 15.7 Å². The molecule has 326 valence electrons. The summed E-state index contributed by atoms with van der Waals surface area (Å²) in [6, 6.07) is 35.1. The number of aryl methyl sites for hydroxylation is 1. The molecule has 1 N–H and O–H groups in total. The molecule has 15 heteroatoms. The van der Waals surface area contributed by atoms with E-state index in [0.717, 1.165) is 16.7 Å². The van der Waals surface area contributed by atoms with Crippen molar-refractivity contribution in [2.45, 2.75) is 83.3 Å². The van der Waals surface area contributed by atoms with Crippen molar-refractivity contribution in [2.75, 3.05) is 27.4 Å². The van der Waals surface area contributed by atoms with E-state index in [1.807, 2.05) is 107 Å². The number of aromatic amines is 1. The number of nitrogens with one attached hydrogen (secondary N) is 1. The summed E-state index contributed by atoms with van der Waals surface area (Å²) in [5, 5.41) is 9.55. The monoisotopic (exact) mass is 864 g/mol. The number of hydrogen-bond donors (Lipinski definition) is 1. The standard InChI is InChI=1S/C47H53N4O10P/c1-31(2)51(32(3)4)62(58-28-14-27-48)61-41-40(30-57-44(50-29-33(5)43(52)49-46(50)54)42(41)59-45(53)34-15-10-8-11-16-34)60-47(35-17-12-9-13-18-35,36-19-23-38(55-6)24-20-36)37-21-25-39(56-7)26-22-37/h8-13,15-26,29,31-32,40-42,44H,14,28,30H2,1-7H3,(H,49,52,54)/t40-,41+,42+,44+,62?/m0/s1. The molecule has 1 aliphatic heterocycles. The van der Waals surface area contributed by atoms with Crippen molar-refractivity contribution in [3.05, 3.63) is 164 Å². The average molecular weight is 865 g/mol. The number of carbonyl (C=O) groups excluding carboxylic acids is 1. The molecule has 0 saturated carbocycles. The Balaban J connectivity index is 1.61.